The van der Waals surface area contributed by atoms with Crippen LogP contribution in [0.5, 0.6) is 0 Å². The fraction of sp³-hybridized carbons (Fsp3) is 0.375. The highest BCUT2D eigenvalue weighted by Gasteiger charge is 2.14. The van der Waals surface area contributed by atoms with Gasteiger partial charge >= 0.3 is 0 Å². The van der Waals surface area contributed by atoms with E-state index in [0.717, 1.165) is 60.1 Å². The Bertz CT molecular complexity index is 853. The van der Waals surface area contributed by atoms with Crippen LogP contribution in [0.1, 0.15) is 5.69 Å². The van der Waals surface area contributed by atoms with Crippen LogP contribution < -0.4 is 4.90 Å². The van der Waals surface area contributed by atoms with E-state index in [1.54, 1.807) is 17.1 Å². The van der Waals surface area contributed by atoms with E-state index in [2.05, 4.69) is 26.0 Å². The summed E-state index contributed by atoms with van der Waals surface area (Å²) in [6.07, 6.45) is 5.41. The Hall–Kier alpha value is -2.54. The van der Waals surface area contributed by atoms with Gasteiger partial charge in [-0.15, -0.1) is 0 Å². The number of aromatic nitrogens is 5. The van der Waals surface area contributed by atoms with Crippen molar-refractivity contribution in [2.24, 2.45) is 7.05 Å². The lowest BCUT2D eigenvalue weighted by Crippen LogP contribution is -2.36. The second-order valence-corrected chi connectivity index (χ2v) is 5.67. The average Bonchev–Trinajstić information content (AvgIpc) is 2.90. The molecule has 23 heavy (non-hydrogen) atoms. The van der Waals surface area contributed by atoms with E-state index in [4.69, 9.17) is 9.72 Å². The summed E-state index contributed by atoms with van der Waals surface area (Å²) in [7, 11) is 1.90. The van der Waals surface area contributed by atoms with Crippen molar-refractivity contribution in [2.45, 2.75) is 6.92 Å². The predicted octanol–water partition coefficient (Wildman–Crippen LogP) is 1.57. The van der Waals surface area contributed by atoms with E-state index >= 15 is 0 Å². The molecule has 1 fully saturated rings. The van der Waals surface area contributed by atoms with E-state index in [9.17, 15) is 0 Å². The van der Waals surface area contributed by atoms with Crippen LogP contribution in [0.15, 0.2) is 24.7 Å². The molecular weight excluding hydrogens is 292 g/mol. The van der Waals surface area contributed by atoms with Crippen LogP contribution in [-0.4, -0.2) is 51.0 Å². The van der Waals surface area contributed by atoms with E-state index in [-0.39, 0.29) is 0 Å². The van der Waals surface area contributed by atoms with E-state index in [1.165, 1.54) is 0 Å². The number of aryl methyl sites for hydroxylation is 2. The zero-order valence-electron chi connectivity index (χ0n) is 13.2. The molecule has 1 saturated heterocycles. The topological polar surface area (TPSA) is 69.0 Å². The molecule has 0 aromatic carbocycles. The Kier molecular flexibility index (Phi) is 3.42. The van der Waals surface area contributed by atoms with Gasteiger partial charge in [-0.05, 0) is 13.0 Å². The highest BCUT2D eigenvalue weighted by Crippen LogP contribution is 2.24. The smallest absolute Gasteiger partial charge is 0.157 e. The van der Waals surface area contributed by atoms with Crippen LogP contribution in [0.4, 0.5) is 5.82 Å². The quantitative estimate of drug-likeness (QED) is 0.715. The van der Waals surface area contributed by atoms with Gasteiger partial charge < -0.3 is 9.64 Å². The minimum absolute atomic E-state index is 0.730. The summed E-state index contributed by atoms with van der Waals surface area (Å²) in [6, 6.07) is 2.08. The molecular formula is C16H18N6O. The van der Waals surface area contributed by atoms with Crippen LogP contribution in [0.2, 0.25) is 0 Å². The monoisotopic (exact) mass is 310 g/mol. The first kappa shape index (κ1) is 14.1. The molecule has 0 bridgehead atoms. The van der Waals surface area contributed by atoms with Gasteiger partial charge in [-0.3, -0.25) is 9.67 Å². The molecule has 4 rings (SSSR count). The number of pyridine rings is 1. The summed E-state index contributed by atoms with van der Waals surface area (Å²) in [5.41, 5.74) is 3.63. The third-order valence-electron chi connectivity index (χ3n) is 4.12. The second-order valence-electron chi connectivity index (χ2n) is 5.67. The first-order valence-corrected chi connectivity index (χ1v) is 7.67. The predicted molar refractivity (Wildman–Crippen MR) is 87.3 cm³/mol. The number of nitrogens with zero attached hydrogens (tertiary/aromatic N) is 6. The van der Waals surface area contributed by atoms with Crippen LogP contribution >= 0.6 is 0 Å². The number of rotatable bonds is 2. The molecule has 0 atom stereocenters. The summed E-state index contributed by atoms with van der Waals surface area (Å²) >= 11 is 0. The number of hydrogen-bond acceptors (Lipinski definition) is 6. The molecule has 7 nitrogen and oxygen atoms in total. The lowest BCUT2D eigenvalue weighted by atomic mass is 10.1. The molecule has 1 aliphatic heterocycles. The van der Waals surface area contributed by atoms with Gasteiger partial charge in [0.25, 0.3) is 0 Å². The summed E-state index contributed by atoms with van der Waals surface area (Å²) in [5, 5.41) is 5.46. The molecule has 3 aromatic heterocycles. The second kappa shape index (κ2) is 5.58. The van der Waals surface area contributed by atoms with Crippen molar-refractivity contribution in [1.82, 2.24) is 24.7 Å². The molecule has 0 spiro atoms. The standard InChI is InChI=1S/C16H18N6O/c1-11-13-7-12(8-18-16(13)21(2)20-11)14-9-17-10-15(19-14)22-3-5-23-6-4-22/h7-10H,3-6H2,1-2H3. The number of fused-ring (bicyclic) bond motifs is 1. The van der Waals surface area contributed by atoms with Gasteiger partial charge in [-0.1, -0.05) is 0 Å². The van der Waals surface area contributed by atoms with Crippen LogP contribution in [0, 0.1) is 6.92 Å². The maximum Gasteiger partial charge on any atom is 0.157 e. The van der Waals surface area contributed by atoms with Crippen molar-refractivity contribution < 1.29 is 4.74 Å². The third-order valence-corrected chi connectivity index (χ3v) is 4.12. The molecule has 0 amide bonds. The van der Waals surface area contributed by atoms with Crippen molar-refractivity contribution in [3.05, 3.63) is 30.4 Å². The Morgan fingerprint density at radius 1 is 1.13 bits per heavy atom. The van der Waals surface area contributed by atoms with Crippen LogP contribution in [0.25, 0.3) is 22.3 Å². The highest BCUT2D eigenvalue weighted by atomic mass is 16.5. The third kappa shape index (κ3) is 2.53. The van der Waals surface area contributed by atoms with Gasteiger partial charge in [-0.25, -0.2) is 9.97 Å². The van der Waals surface area contributed by atoms with Gasteiger partial charge in [0.15, 0.2) is 5.65 Å². The maximum atomic E-state index is 5.39. The molecule has 7 heteroatoms. The van der Waals surface area contributed by atoms with Gasteiger partial charge in [-0.2, -0.15) is 5.10 Å². The zero-order chi connectivity index (χ0) is 15.8. The Labute approximate surface area is 133 Å². The SMILES string of the molecule is Cc1nn(C)c2ncc(-c3cncc(N4CCOCC4)n3)cc12. The van der Waals surface area contributed by atoms with Gasteiger partial charge in [0.2, 0.25) is 0 Å². The lowest BCUT2D eigenvalue weighted by Gasteiger charge is -2.27. The first-order valence-electron chi connectivity index (χ1n) is 7.67. The van der Waals surface area contributed by atoms with Crippen LogP contribution in [0.3, 0.4) is 0 Å². The van der Waals surface area contributed by atoms with Crippen molar-refractivity contribution in [3.8, 4) is 11.3 Å². The fourth-order valence-corrected chi connectivity index (χ4v) is 2.89. The Morgan fingerprint density at radius 2 is 1.96 bits per heavy atom. The van der Waals surface area contributed by atoms with E-state index < -0.39 is 0 Å². The lowest BCUT2D eigenvalue weighted by molar-refractivity contribution is 0.122. The van der Waals surface area contributed by atoms with Gasteiger partial charge in [0, 0.05) is 37.3 Å². The normalized spacial score (nSPS) is 15.3. The molecule has 0 saturated carbocycles. The molecule has 0 aliphatic carbocycles. The molecule has 118 valence electrons. The number of morpholine rings is 1. The van der Waals surface area contributed by atoms with Crippen molar-refractivity contribution in [1.29, 1.82) is 0 Å². The van der Waals surface area contributed by atoms with E-state index in [1.807, 2.05) is 20.2 Å². The zero-order valence-corrected chi connectivity index (χ0v) is 13.2. The summed E-state index contributed by atoms with van der Waals surface area (Å²) in [5.74, 6) is 0.883. The molecule has 3 aromatic rings. The molecule has 0 N–H and O–H groups in total. The van der Waals surface area contributed by atoms with Gasteiger partial charge in [0.1, 0.15) is 5.82 Å². The maximum absolute atomic E-state index is 5.39. The highest BCUT2D eigenvalue weighted by molar-refractivity contribution is 5.82. The number of anilines is 1. The van der Waals surface area contributed by atoms with Crippen molar-refractivity contribution in [3.63, 3.8) is 0 Å². The first-order chi connectivity index (χ1) is 11.2. The largest absolute Gasteiger partial charge is 0.378 e. The van der Waals surface area contributed by atoms with Crippen molar-refractivity contribution >= 4 is 16.9 Å². The number of hydrogen-bond donors (Lipinski definition) is 0. The minimum atomic E-state index is 0.730. The fourth-order valence-electron chi connectivity index (χ4n) is 2.89. The molecule has 1 aliphatic rings. The van der Waals surface area contributed by atoms with Gasteiger partial charge in [0.05, 0.1) is 37.0 Å². The Balaban J connectivity index is 1.74. The van der Waals surface area contributed by atoms with E-state index in [0.29, 0.717) is 0 Å². The van der Waals surface area contributed by atoms with Crippen LogP contribution in [-0.2, 0) is 11.8 Å². The summed E-state index contributed by atoms with van der Waals surface area (Å²) < 4.78 is 7.19. The van der Waals surface area contributed by atoms with Crippen molar-refractivity contribution in [2.75, 3.05) is 31.2 Å². The number of ether oxygens (including phenoxy) is 1. The molecule has 0 radical (unpaired) electrons. The summed E-state index contributed by atoms with van der Waals surface area (Å²) in [4.78, 5) is 15.8. The molecule has 4 heterocycles. The Morgan fingerprint density at radius 3 is 2.78 bits per heavy atom. The minimum Gasteiger partial charge on any atom is -0.378 e. The summed E-state index contributed by atoms with van der Waals surface area (Å²) in [6.45, 7) is 5.14. The molecule has 0 unspecified atom stereocenters. The average molecular weight is 310 g/mol.